The average Bonchev–Trinajstić information content (AvgIpc) is 0.957. The van der Waals surface area contributed by atoms with Gasteiger partial charge in [0.1, 0.15) is 0 Å². The van der Waals surface area contributed by atoms with Crippen LogP contribution < -0.4 is 0 Å². The maximum atomic E-state index is 12.8. The average molecular weight is 1250 g/mol. The number of rotatable bonds is 27. The molecule has 0 aliphatic rings. The Bertz CT molecular complexity index is 3640. The molecule has 0 amide bonds. The standard InChI is InChI=1S/C26H31NO2.C24H27NO2.2C17H13NO/c1-3-4-5-6-7-8-9-16-21-29-26(28)25(27-2)24(22-17-12-10-13-18-22)23-19-14-11-15-20-23;1-4-6-13-19(5-2)18-27-24(26)23(25-3)22(20-14-9-7-10-15-20)21-16-11-8-12-17-21;2*1-13(19)17(18-2)16(14-9-5-3-6-10-14)15-11-7-4-8-12-15/h10-15,17-20H,3-9,16,21H2,1H3;7-12,14-17,19H,4-6,13,18H2,1-2H3;2*3-12H,1H3. The van der Waals surface area contributed by atoms with Crippen LogP contribution in [0.2, 0.25) is 0 Å². The number of Topliss-reactive ketones (excluding diaryl/α,β-unsaturated/α-hetero) is 2. The molecule has 10 heteroatoms. The van der Waals surface area contributed by atoms with Crippen LogP contribution in [0.4, 0.5) is 0 Å². The van der Waals surface area contributed by atoms with Gasteiger partial charge in [0.25, 0.3) is 11.4 Å². The van der Waals surface area contributed by atoms with Crippen molar-refractivity contribution in [3.8, 4) is 0 Å². The van der Waals surface area contributed by atoms with Crippen LogP contribution in [-0.4, -0.2) is 36.7 Å². The Morgan fingerprint density at radius 2 is 0.553 bits per heavy atom. The molecule has 8 aromatic rings. The SMILES string of the molecule is [C-]#[N+]C(C(=O)OCC(CC)CCCC)=C(c1ccccc1)c1ccccc1.[C-]#[N+]C(C(=O)OCCCCCCCCCC)=C(c1ccccc1)c1ccccc1.[C-]#[N+]C(C(C)=O)=C(c1ccccc1)c1ccccc1.[C-]#[N+]C(C(C)=O)=C(c1ccccc1)c1ccccc1. The summed E-state index contributed by atoms with van der Waals surface area (Å²) in [5, 5.41) is 0. The Hall–Kier alpha value is -11.0. The molecule has 0 N–H and O–H groups in total. The van der Waals surface area contributed by atoms with Crippen molar-refractivity contribution in [1.82, 2.24) is 0 Å². The highest BCUT2D eigenvalue weighted by Crippen LogP contribution is 2.32. The number of unbranched alkanes of at least 4 members (excludes halogenated alkanes) is 8. The van der Waals surface area contributed by atoms with Gasteiger partial charge in [-0.3, -0.25) is 9.59 Å². The quantitative estimate of drug-likeness (QED) is 0.0220. The maximum absolute atomic E-state index is 12.8. The van der Waals surface area contributed by atoms with E-state index in [1.807, 2.05) is 243 Å². The van der Waals surface area contributed by atoms with Crippen molar-refractivity contribution >= 4 is 45.8 Å². The lowest BCUT2D eigenvalue weighted by atomic mass is 9.95. The van der Waals surface area contributed by atoms with Crippen LogP contribution in [0.3, 0.4) is 0 Å². The van der Waals surface area contributed by atoms with Crippen molar-refractivity contribution in [1.29, 1.82) is 0 Å². The monoisotopic (exact) mass is 1240 g/mol. The fourth-order valence-electron chi connectivity index (χ4n) is 10.3. The van der Waals surface area contributed by atoms with Crippen molar-refractivity contribution in [2.45, 2.75) is 112 Å². The number of ether oxygens (including phenoxy) is 2. The molecular formula is C84H84N4O6. The molecule has 8 aromatic carbocycles. The highest BCUT2D eigenvalue weighted by Gasteiger charge is 2.23. The summed E-state index contributed by atoms with van der Waals surface area (Å²) in [5.41, 5.74) is 9.98. The van der Waals surface area contributed by atoms with Gasteiger partial charge in [-0.15, -0.1) is 0 Å². The molecule has 1 unspecified atom stereocenters. The van der Waals surface area contributed by atoms with Gasteiger partial charge < -0.3 is 19.1 Å². The van der Waals surface area contributed by atoms with Crippen molar-refractivity contribution in [3.63, 3.8) is 0 Å². The summed E-state index contributed by atoms with van der Waals surface area (Å²) < 4.78 is 11.0. The first-order valence-electron chi connectivity index (χ1n) is 32.2. The highest BCUT2D eigenvalue weighted by atomic mass is 16.5. The molecule has 0 saturated heterocycles. The van der Waals surface area contributed by atoms with Crippen LogP contribution >= 0.6 is 0 Å². The third-order valence-electron chi connectivity index (χ3n) is 15.2. The summed E-state index contributed by atoms with van der Waals surface area (Å²) >= 11 is 0. The van der Waals surface area contributed by atoms with Crippen LogP contribution in [0.5, 0.6) is 0 Å². The third kappa shape index (κ3) is 24.0. The lowest BCUT2D eigenvalue weighted by molar-refractivity contribution is -0.140. The molecule has 0 aliphatic heterocycles. The molecule has 476 valence electrons. The summed E-state index contributed by atoms with van der Waals surface area (Å²) in [6, 6.07) is 76.4. The number of hydrogen-bond donors (Lipinski definition) is 0. The first kappa shape index (κ1) is 73.7. The summed E-state index contributed by atoms with van der Waals surface area (Å²) in [5.74, 6) is -1.15. The molecular weight excluding hydrogens is 1160 g/mol. The van der Waals surface area contributed by atoms with Crippen LogP contribution in [0.25, 0.3) is 41.7 Å². The molecule has 0 saturated carbocycles. The van der Waals surface area contributed by atoms with E-state index in [4.69, 9.17) is 35.8 Å². The minimum atomic E-state index is -0.539. The smallest absolute Gasteiger partial charge is 0.336 e. The summed E-state index contributed by atoms with van der Waals surface area (Å²) in [7, 11) is 0. The fraction of sp³-hybridized carbons (Fsp3) is 0.238. The van der Waals surface area contributed by atoms with Crippen molar-refractivity contribution in [2.75, 3.05) is 13.2 Å². The lowest BCUT2D eigenvalue weighted by Crippen LogP contribution is -2.15. The van der Waals surface area contributed by atoms with Gasteiger partial charge in [-0.1, -0.05) is 328 Å². The van der Waals surface area contributed by atoms with Gasteiger partial charge in [-0.25, -0.2) is 19.4 Å². The summed E-state index contributed by atoms with van der Waals surface area (Å²) in [4.78, 5) is 62.8. The largest absolute Gasteiger partial charge is 0.471 e. The van der Waals surface area contributed by atoms with Gasteiger partial charge in [0.05, 0.1) is 39.5 Å². The van der Waals surface area contributed by atoms with Gasteiger partial charge in [-0.2, -0.15) is 0 Å². The first-order valence-corrected chi connectivity index (χ1v) is 32.2. The molecule has 1 atom stereocenters. The molecule has 0 radical (unpaired) electrons. The number of benzene rings is 8. The Labute approximate surface area is 558 Å². The minimum Gasteiger partial charge on any atom is -0.471 e. The van der Waals surface area contributed by atoms with E-state index in [0.29, 0.717) is 41.4 Å². The number of nitrogens with zero attached hydrogens (tertiary/aromatic N) is 4. The van der Waals surface area contributed by atoms with Crippen LogP contribution in [-0.2, 0) is 28.7 Å². The minimum absolute atomic E-state index is 0.0396. The normalized spacial score (nSPS) is 10.2. The molecule has 0 fully saturated rings. The van der Waals surface area contributed by atoms with Crippen molar-refractivity contribution in [3.05, 3.63) is 356 Å². The predicted octanol–water partition coefficient (Wildman–Crippen LogP) is 21.1. The zero-order valence-corrected chi connectivity index (χ0v) is 54.8. The van der Waals surface area contributed by atoms with Gasteiger partial charge in [0.2, 0.25) is 11.4 Å². The van der Waals surface area contributed by atoms with E-state index in [-0.39, 0.29) is 34.4 Å². The molecule has 0 heterocycles. The number of allylic oxidation sites excluding steroid dienone is 2. The number of carbonyl (C=O) groups excluding carboxylic acids is 4. The van der Waals surface area contributed by atoms with Gasteiger partial charge in [-0.05, 0) is 88.3 Å². The summed E-state index contributed by atoms with van der Waals surface area (Å²) in [6.07, 6.45) is 13.8. The zero-order chi connectivity index (χ0) is 67.6. The number of hydrogen-bond acceptors (Lipinski definition) is 6. The molecule has 8 rings (SSSR count). The van der Waals surface area contributed by atoms with E-state index in [0.717, 1.165) is 83.0 Å². The molecule has 0 spiro atoms. The second-order valence-corrected chi connectivity index (χ2v) is 22.0. The van der Waals surface area contributed by atoms with Crippen LogP contribution in [0.15, 0.2) is 265 Å². The van der Waals surface area contributed by atoms with Gasteiger partial charge >= 0.3 is 11.9 Å². The second kappa shape index (κ2) is 42.9. The molecule has 0 aliphatic carbocycles. The van der Waals surface area contributed by atoms with Crippen LogP contribution in [0.1, 0.15) is 156 Å². The first-order chi connectivity index (χ1) is 46.0. The summed E-state index contributed by atoms with van der Waals surface area (Å²) in [6.45, 7) is 39.9. The van der Waals surface area contributed by atoms with Gasteiger partial charge in [0, 0.05) is 11.1 Å². The molecule has 0 aromatic heterocycles. The van der Waals surface area contributed by atoms with Crippen molar-refractivity contribution in [2.24, 2.45) is 5.92 Å². The Balaban J connectivity index is 0.000000231. The van der Waals surface area contributed by atoms with E-state index in [9.17, 15) is 19.2 Å². The Morgan fingerprint density at radius 1 is 0.319 bits per heavy atom. The van der Waals surface area contributed by atoms with Crippen LogP contribution in [0, 0.1) is 32.2 Å². The fourth-order valence-corrected chi connectivity index (χ4v) is 10.3. The topological polar surface area (TPSA) is 104 Å². The van der Waals surface area contributed by atoms with Crippen molar-refractivity contribution < 1.29 is 28.7 Å². The molecule has 0 bridgehead atoms. The highest BCUT2D eigenvalue weighted by molar-refractivity contribution is 6.07. The number of carbonyl (C=O) groups is 4. The molecule has 94 heavy (non-hydrogen) atoms. The Morgan fingerprint density at radius 3 is 0.787 bits per heavy atom. The molecule has 10 nitrogen and oxygen atoms in total. The maximum Gasteiger partial charge on any atom is 0.336 e. The zero-order valence-electron chi connectivity index (χ0n) is 54.8. The van der Waals surface area contributed by atoms with E-state index >= 15 is 0 Å². The van der Waals surface area contributed by atoms with E-state index in [1.54, 1.807) is 0 Å². The van der Waals surface area contributed by atoms with Gasteiger partial charge in [0.15, 0.2) is 11.6 Å². The predicted molar refractivity (Wildman–Crippen MR) is 381 cm³/mol. The lowest BCUT2D eigenvalue weighted by Gasteiger charge is -2.16. The van der Waals surface area contributed by atoms with E-state index < -0.39 is 11.9 Å². The van der Waals surface area contributed by atoms with E-state index in [1.165, 1.54) is 52.4 Å². The third-order valence-corrected chi connectivity index (χ3v) is 15.2. The second-order valence-electron chi connectivity index (χ2n) is 22.0. The van der Waals surface area contributed by atoms with E-state index in [2.05, 4.69) is 40.2 Å². The Kier molecular flexibility index (Phi) is 33.6. The number of esters is 2. The number of ketones is 2.